The fraction of sp³-hybridized carbons (Fsp3) is 0.300. The zero-order chi connectivity index (χ0) is 22.1. The van der Waals surface area contributed by atoms with Crippen LogP contribution in [0.5, 0.6) is 0 Å². The van der Waals surface area contributed by atoms with Gasteiger partial charge in [-0.05, 0) is 18.2 Å². The van der Waals surface area contributed by atoms with Crippen molar-refractivity contribution >= 4 is 23.5 Å². The van der Waals surface area contributed by atoms with Gasteiger partial charge in [0.25, 0.3) is 11.8 Å². The van der Waals surface area contributed by atoms with Gasteiger partial charge in [0.2, 0.25) is 5.60 Å². The van der Waals surface area contributed by atoms with Crippen LogP contribution in [0, 0.1) is 11.8 Å². The highest BCUT2D eigenvalue weighted by atomic mass is 16.3. The zero-order valence-corrected chi connectivity index (χ0v) is 16.8. The third-order valence-electron chi connectivity index (χ3n) is 4.63. The lowest BCUT2D eigenvalue weighted by atomic mass is 10.0. The summed E-state index contributed by atoms with van der Waals surface area (Å²) < 4.78 is 1.39. The Labute approximate surface area is 173 Å². The molecule has 1 aromatic carbocycles. The normalized spacial score (nSPS) is 18.0. The average Bonchev–Trinajstić information content (AvgIpc) is 3.24. The molecule has 4 amide bonds. The van der Waals surface area contributed by atoms with Crippen LogP contribution in [0.2, 0.25) is 0 Å². The van der Waals surface area contributed by atoms with E-state index >= 15 is 0 Å². The van der Waals surface area contributed by atoms with Crippen molar-refractivity contribution in [2.24, 2.45) is 5.73 Å². The molecular formula is C20H22N6O4. The highest BCUT2D eigenvalue weighted by Gasteiger charge is 2.42. The van der Waals surface area contributed by atoms with E-state index in [1.165, 1.54) is 20.7 Å². The Morgan fingerprint density at radius 3 is 2.70 bits per heavy atom. The maximum absolute atomic E-state index is 12.1. The first-order chi connectivity index (χ1) is 14.1. The van der Waals surface area contributed by atoms with Crippen LogP contribution in [0.25, 0.3) is 5.69 Å². The van der Waals surface area contributed by atoms with E-state index in [1.807, 2.05) is 0 Å². The van der Waals surface area contributed by atoms with E-state index < -0.39 is 23.4 Å². The number of hydrogen-bond donors (Lipinski definition) is 3. The number of carbonyl (C=O) groups is 3. The Morgan fingerprint density at radius 1 is 1.37 bits per heavy atom. The summed E-state index contributed by atoms with van der Waals surface area (Å²) in [6, 6.07) is 6.40. The van der Waals surface area contributed by atoms with Crippen molar-refractivity contribution in [1.29, 1.82) is 0 Å². The maximum atomic E-state index is 12.1. The lowest BCUT2D eigenvalue weighted by Gasteiger charge is -2.13. The molecule has 1 fully saturated rings. The van der Waals surface area contributed by atoms with Gasteiger partial charge in [-0.25, -0.2) is 9.48 Å². The van der Waals surface area contributed by atoms with E-state index in [4.69, 9.17) is 5.73 Å². The molecular weight excluding hydrogens is 388 g/mol. The molecule has 1 aliphatic heterocycles. The van der Waals surface area contributed by atoms with Crippen molar-refractivity contribution in [3.8, 4) is 17.5 Å². The van der Waals surface area contributed by atoms with Crippen LogP contribution in [0.3, 0.4) is 0 Å². The van der Waals surface area contributed by atoms with Crippen LogP contribution >= 0.6 is 0 Å². The number of likely N-dealkylation sites (N-methyl/N-ethyl adjacent to an activating group) is 1. The van der Waals surface area contributed by atoms with Crippen molar-refractivity contribution < 1.29 is 19.5 Å². The molecule has 2 heterocycles. The molecule has 0 radical (unpaired) electrons. The summed E-state index contributed by atoms with van der Waals surface area (Å²) in [5, 5.41) is 17.2. The Morgan fingerprint density at radius 2 is 2.10 bits per heavy atom. The number of rotatable bonds is 3. The first kappa shape index (κ1) is 20.9. The Balaban J connectivity index is 1.92. The largest absolute Gasteiger partial charge is 0.369 e. The third-order valence-corrected chi connectivity index (χ3v) is 4.63. The van der Waals surface area contributed by atoms with Crippen LogP contribution in [-0.2, 0) is 4.79 Å². The van der Waals surface area contributed by atoms with E-state index in [2.05, 4.69) is 22.3 Å². The molecule has 0 spiro atoms. The molecule has 1 aromatic heterocycles. The molecule has 10 heteroatoms. The molecule has 4 N–H and O–H groups in total. The summed E-state index contributed by atoms with van der Waals surface area (Å²) in [6.45, 7) is 0.439. The number of benzene rings is 1. The van der Waals surface area contributed by atoms with Crippen molar-refractivity contribution in [2.45, 2.75) is 12.0 Å². The second kappa shape index (κ2) is 7.88. The quantitative estimate of drug-likeness (QED) is 0.613. The number of likely N-dealkylation sites (tertiary alicyclic amines) is 1. The van der Waals surface area contributed by atoms with Crippen molar-refractivity contribution in [2.75, 3.05) is 33.0 Å². The smallest absolute Gasteiger partial charge is 0.321 e. The summed E-state index contributed by atoms with van der Waals surface area (Å²) in [4.78, 5) is 38.5. The van der Waals surface area contributed by atoms with Gasteiger partial charge in [-0.3, -0.25) is 9.59 Å². The first-order valence-electron chi connectivity index (χ1n) is 9.10. The van der Waals surface area contributed by atoms with Crippen LogP contribution in [0.15, 0.2) is 30.5 Å². The molecule has 1 unspecified atom stereocenters. The topological polar surface area (TPSA) is 134 Å². The van der Waals surface area contributed by atoms with Crippen molar-refractivity contribution in [1.82, 2.24) is 19.6 Å². The average molecular weight is 410 g/mol. The number of amides is 4. The molecule has 0 bridgehead atoms. The molecule has 1 atom stereocenters. The minimum absolute atomic E-state index is 0.0874. The van der Waals surface area contributed by atoms with Gasteiger partial charge < -0.3 is 26.0 Å². The van der Waals surface area contributed by atoms with E-state index in [0.29, 0.717) is 17.8 Å². The monoisotopic (exact) mass is 410 g/mol. The van der Waals surface area contributed by atoms with Crippen molar-refractivity contribution in [3.05, 3.63) is 41.7 Å². The van der Waals surface area contributed by atoms with Gasteiger partial charge in [0.05, 0.1) is 17.6 Å². The predicted molar refractivity (Wildman–Crippen MR) is 109 cm³/mol. The number of nitrogens with zero attached hydrogens (tertiary/aromatic N) is 4. The van der Waals surface area contributed by atoms with Crippen LogP contribution in [0.4, 0.5) is 10.5 Å². The highest BCUT2D eigenvalue weighted by molar-refractivity contribution is 6.01. The number of carbonyl (C=O) groups excluding carboxylic acids is 3. The fourth-order valence-corrected chi connectivity index (χ4v) is 2.88. The van der Waals surface area contributed by atoms with E-state index in [0.717, 1.165) is 0 Å². The highest BCUT2D eigenvalue weighted by Crippen LogP contribution is 2.21. The third kappa shape index (κ3) is 4.11. The minimum atomic E-state index is -1.70. The lowest BCUT2D eigenvalue weighted by Crippen LogP contribution is -2.37. The van der Waals surface area contributed by atoms with Gasteiger partial charge in [0.15, 0.2) is 5.69 Å². The molecule has 0 aliphatic carbocycles. The molecule has 3 rings (SSSR count). The lowest BCUT2D eigenvalue weighted by molar-refractivity contribution is -0.137. The Bertz CT molecular complexity index is 1080. The number of primary amides is 1. The number of nitrogens with two attached hydrogens (primary N) is 1. The Hall–Kier alpha value is -3.84. The first-order valence-corrected chi connectivity index (χ1v) is 9.10. The SMILES string of the molecule is CN(C)C(=O)Nc1cn(-c2cccc(C#CC3(O)CCN(C)C3=O)c2)nc1C(N)=O. The number of aliphatic hydroxyl groups is 1. The molecule has 30 heavy (non-hydrogen) atoms. The van der Waals surface area contributed by atoms with Crippen LogP contribution in [0.1, 0.15) is 22.5 Å². The minimum Gasteiger partial charge on any atom is -0.369 e. The number of hydrogen-bond acceptors (Lipinski definition) is 5. The van der Waals surface area contributed by atoms with Gasteiger partial charge >= 0.3 is 6.03 Å². The maximum Gasteiger partial charge on any atom is 0.321 e. The van der Waals surface area contributed by atoms with E-state index in [9.17, 15) is 19.5 Å². The zero-order valence-electron chi connectivity index (χ0n) is 16.8. The summed E-state index contributed by atoms with van der Waals surface area (Å²) in [7, 11) is 4.74. The summed E-state index contributed by atoms with van der Waals surface area (Å²) in [5.41, 5.74) is 4.86. The van der Waals surface area contributed by atoms with Crippen LogP contribution in [-0.4, -0.2) is 75.8 Å². The van der Waals surface area contributed by atoms with Crippen molar-refractivity contribution in [3.63, 3.8) is 0 Å². The van der Waals surface area contributed by atoms with Gasteiger partial charge in [-0.2, -0.15) is 5.10 Å². The summed E-state index contributed by atoms with van der Waals surface area (Å²) in [5.74, 6) is 4.26. The molecule has 1 saturated heterocycles. The summed E-state index contributed by atoms with van der Waals surface area (Å²) in [6.07, 6.45) is 1.71. The number of aromatic nitrogens is 2. The van der Waals surface area contributed by atoms with E-state index in [1.54, 1.807) is 45.4 Å². The summed E-state index contributed by atoms with van der Waals surface area (Å²) >= 11 is 0. The standard InChI is InChI=1S/C20H22N6O4/c1-24(2)19(29)22-15-12-26(23-16(15)17(21)27)14-6-4-5-13(11-14)7-8-20(30)9-10-25(3)18(20)28/h4-6,11-12,30H,9-10H2,1-3H3,(H2,21,27)(H,22,29). The van der Waals surface area contributed by atoms with Crippen LogP contribution < -0.4 is 11.1 Å². The van der Waals surface area contributed by atoms with Gasteiger partial charge in [0, 0.05) is 39.7 Å². The molecule has 2 aromatic rings. The Kier molecular flexibility index (Phi) is 5.49. The molecule has 0 saturated carbocycles. The second-order valence-corrected chi connectivity index (χ2v) is 7.16. The predicted octanol–water partition coefficient (Wildman–Crippen LogP) is 0.00940. The second-order valence-electron chi connectivity index (χ2n) is 7.16. The number of anilines is 1. The number of urea groups is 1. The molecule has 156 valence electrons. The van der Waals surface area contributed by atoms with Gasteiger partial charge in [0.1, 0.15) is 0 Å². The molecule has 1 aliphatic rings. The van der Waals surface area contributed by atoms with E-state index in [-0.39, 0.29) is 17.8 Å². The number of nitrogens with one attached hydrogen (secondary N) is 1. The van der Waals surface area contributed by atoms with Gasteiger partial charge in [-0.15, -0.1) is 0 Å². The molecule has 10 nitrogen and oxygen atoms in total. The fourth-order valence-electron chi connectivity index (χ4n) is 2.88. The van der Waals surface area contributed by atoms with Gasteiger partial charge in [-0.1, -0.05) is 17.9 Å².